The van der Waals surface area contributed by atoms with Gasteiger partial charge in [-0.3, -0.25) is 0 Å². The summed E-state index contributed by atoms with van der Waals surface area (Å²) >= 11 is 0. The van der Waals surface area contributed by atoms with E-state index in [-0.39, 0.29) is 23.8 Å². The van der Waals surface area contributed by atoms with Crippen LogP contribution in [0.5, 0.6) is 0 Å². The smallest absolute Gasteiger partial charge is 0.123 e. The van der Waals surface area contributed by atoms with Crippen molar-refractivity contribution < 1.29 is 13.5 Å². The molecule has 2 aromatic rings. The predicted octanol–water partition coefficient (Wildman–Crippen LogP) is 4.70. The molecule has 2 aromatic carbocycles. The molecule has 2 aliphatic rings. The predicted molar refractivity (Wildman–Crippen MR) is 93.3 cm³/mol. The third-order valence-electron chi connectivity index (χ3n) is 5.73. The van der Waals surface area contributed by atoms with Crippen molar-refractivity contribution in [1.82, 2.24) is 4.90 Å². The fourth-order valence-corrected chi connectivity index (χ4v) is 4.29. The molecule has 3 atom stereocenters. The molecule has 0 aromatic heterocycles. The van der Waals surface area contributed by atoms with E-state index in [4.69, 9.17) is 4.74 Å². The zero-order chi connectivity index (χ0) is 17.4. The fraction of sp³-hybridized carbons (Fsp3) is 0.429. The molecular formula is C21H23F2NO. The molecule has 0 spiro atoms. The van der Waals surface area contributed by atoms with Crippen LogP contribution in [0, 0.1) is 11.6 Å². The molecule has 132 valence electrons. The summed E-state index contributed by atoms with van der Waals surface area (Å²) in [6.45, 7) is 0. The topological polar surface area (TPSA) is 12.5 Å². The lowest BCUT2D eigenvalue weighted by Crippen LogP contribution is -2.43. The van der Waals surface area contributed by atoms with E-state index in [1.807, 2.05) is 0 Å². The molecule has 4 heteroatoms. The summed E-state index contributed by atoms with van der Waals surface area (Å²) in [6, 6.07) is 14.0. The van der Waals surface area contributed by atoms with Crippen LogP contribution in [0.2, 0.25) is 0 Å². The first-order chi connectivity index (χ1) is 12.1. The van der Waals surface area contributed by atoms with Crippen molar-refractivity contribution in [2.45, 2.75) is 50.0 Å². The minimum Gasteiger partial charge on any atom is -0.365 e. The second-order valence-corrected chi connectivity index (χ2v) is 7.26. The van der Waals surface area contributed by atoms with Crippen LogP contribution in [0.1, 0.15) is 42.9 Å². The van der Waals surface area contributed by atoms with E-state index < -0.39 is 0 Å². The van der Waals surface area contributed by atoms with Crippen LogP contribution in [0.4, 0.5) is 8.78 Å². The quantitative estimate of drug-likeness (QED) is 0.799. The molecule has 2 heterocycles. The molecule has 25 heavy (non-hydrogen) atoms. The Morgan fingerprint density at radius 3 is 1.72 bits per heavy atom. The molecular weight excluding hydrogens is 318 g/mol. The second-order valence-electron chi connectivity index (χ2n) is 7.26. The van der Waals surface area contributed by atoms with Gasteiger partial charge in [-0.15, -0.1) is 0 Å². The number of piperidine rings is 1. The van der Waals surface area contributed by atoms with Gasteiger partial charge in [0.1, 0.15) is 17.7 Å². The summed E-state index contributed by atoms with van der Waals surface area (Å²) in [7, 11) is 2.20. The van der Waals surface area contributed by atoms with Crippen molar-refractivity contribution in [1.29, 1.82) is 0 Å². The van der Waals surface area contributed by atoms with Gasteiger partial charge in [-0.25, -0.2) is 8.78 Å². The van der Waals surface area contributed by atoms with Gasteiger partial charge in [0.25, 0.3) is 0 Å². The number of ether oxygens (including phenoxy) is 1. The summed E-state index contributed by atoms with van der Waals surface area (Å²) < 4.78 is 33.1. The fourth-order valence-electron chi connectivity index (χ4n) is 4.29. The van der Waals surface area contributed by atoms with Crippen LogP contribution in [0.3, 0.4) is 0 Å². The summed E-state index contributed by atoms with van der Waals surface area (Å²) in [4.78, 5) is 2.48. The Labute approximate surface area is 147 Å². The van der Waals surface area contributed by atoms with E-state index >= 15 is 0 Å². The Kier molecular flexibility index (Phi) is 4.57. The molecule has 0 amide bonds. The number of fused-ring (bicyclic) bond motifs is 2. The summed E-state index contributed by atoms with van der Waals surface area (Å²) in [5.41, 5.74) is 1.80. The van der Waals surface area contributed by atoms with Crippen LogP contribution in [0.25, 0.3) is 0 Å². The zero-order valence-corrected chi connectivity index (χ0v) is 14.4. The van der Waals surface area contributed by atoms with Crippen LogP contribution in [0.15, 0.2) is 48.5 Å². The number of benzene rings is 2. The molecule has 2 fully saturated rings. The summed E-state index contributed by atoms with van der Waals surface area (Å²) in [6.07, 6.45) is 4.39. The molecule has 0 saturated carbocycles. The van der Waals surface area contributed by atoms with Gasteiger partial charge in [0.2, 0.25) is 0 Å². The van der Waals surface area contributed by atoms with E-state index in [2.05, 4.69) is 11.9 Å². The first kappa shape index (κ1) is 16.7. The van der Waals surface area contributed by atoms with Crippen LogP contribution in [-0.4, -0.2) is 30.1 Å². The first-order valence-electron chi connectivity index (χ1n) is 8.98. The normalized spacial score (nSPS) is 26.3. The van der Waals surface area contributed by atoms with Crippen LogP contribution >= 0.6 is 0 Å². The SMILES string of the molecule is CN1[C@@H]2CC[C@H]1CC(OC(c1ccc([18F])cc1)c1ccc([18F])cc1)C2. The van der Waals surface area contributed by atoms with Crippen molar-refractivity contribution >= 4 is 0 Å². The van der Waals surface area contributed by atoms with Gasteiger partial charge in [0.05, 0.1) is 6.10 Å². The standard InChI is InChI=1S/C21H23F2NO/c1-24-18-10-11-19(24)13-20(12-18)25-21(14-2-6-16(22)7-3-14)15-4-8-17(23)9-5-15/h2-9,18-21H,10-13H2,1H3/t18-,19+,20?/i22-1,23-1. The van der Waals surface area contributed by atoms with Gasteiger partial charge in [-0.05, 0) is 68.1 Å². The van der Waals surface area contributed by atoms with Gasteiger partial charge in [0, 0.05) is 12.1 Å². The lowest BCUT2D eigenvalue weighted by molar-refractivity contribution is -0.0426. The van der Waals surface area contributed by atoms with Crippen molar-refractivity contribution in [3.63, 3.8) is 0 Å². The maximum Gasteiger partial charge on any atom is 0.123 e. The number of nitrogens with zero attached hydrogens (tertiary/aromatic N) is 1. The molecule has 1 unspecified atom stereocenters. The molecule has 2 aliphatic heterocycles. The number of hydrogen-bond acceptors (Lipinski definition) is 2. The molecule has 2 saturated heterocycles. The summed E-state index contributed by atoms with van der Waals surface area (Å²) in [5, 5.41) is 0. The van der Waals surface area contributed by atoms with E-state index in [1.54, 1.807) is 24.3 Å². The number of halogens is 2. The van der Waals surface area contributed by atoms with Gasteiger partial charge in [0.15, 0.2) is 0 Å². The maximum atomic E-state index is 13.3. The van der Waals surface area contributed by atoms with Crippen molar-refractivity contribution in [3.8, 4) is 0 Å². The van der Waals surface area contributed by atoms with Crippen molar-refractivity contribution in [3.05, 3.63) is 71.3 Å². The minimum atomic E-state index is -0.297. The Balaban J connectivity index is 1.59. The third-order valence-corrected chi connectivity index (χ3v) is 5.73. The van der Waals surface area contributed by atoms with Crippen molar-refractivity contribution in [2.24, 2.45) is 0 Å². The largest absolute Gasteiger partial charge is 0.365 e. The second kappa shape index (κ2) is 6.85. The molecule has 2 nitrogen and oxygen atoms in total. The average Bonchev–Trinajstić information content (AvgIpc) is 2.83. The highest BCUT2D eigenvalue weighted by molar-refractivity contribution is 5.30. The van der Waals surface area contributed by atoms with Crippen molar-refractivity contribution in [2.75, 3.05) is 7.05 Å². The third kappa shape index (κ3) is 3.46. The molecule has 2 bridgehead atoms. The highest BCUT2D eigenvalue weighted by atomic mass is 18.2. The van der Waals surface area contributed by atoms with E-state index in [0.717, 1.165) is 24.0 Å². The highest BCUT2D eigenvalue weighted by Crippen LogP contribution is 2.38. The van der Waals surface area contributed by atoms with E-state index in [9.17, 15) is 8.78 Å². The van der Waals surface area contributed by atoms with Gasteiger partial charge >= 0.3 is 0 Å². The lowest BCUT2D eigenvalue weighted by atomic mass is 9.97. The Morgan fingerprint density at radius 1 is 0.840 bits per heavy atom. The van der Waals surface area contributed by atoms with E-state index in [1.165, 1.54) is 37.1 Å². The molecule has 0 aliphatic carbocycles. The Bertz CT molecular complexity index is 656. The lowest BCUT2D eigenvalue weighted by Gasteiger charge is -2.38. The van der Waals surface area contributed by atoms with E-state index in [0.29, 0.717) is 12.1 Å². The Morgan fingerprint density at radius 2 is 1.28 bits per heavy atom. The maximum absolute atomic E-state index is 13.3. The van der Waals surface area contributed by atoms with Gasteiger partial charge in [-0.2, -0.15) is 0 Å². The zero-order valence-electron chi connectivity index (χ0n) is 14.4. The average molecular weight is 341 g/mol. The Hall–Kier alpha value is -1.78. The molecule has 4 rings (SSSR count). The van der Waals surface area contributed by atoms with Crippen LogP contribution in [-0.2, 0) is 4.74 Å². The number of rotatable bonds is 4. The van der Waals surface area contributed by atoms with Gasteiger partial charge < -0.3 is 9.64 Å². The summed E-state index contributed by atoms with van der Waals surface area (Å²) in [5.74, 6) is -0.530. The molecule has 0 N–H and O–H groups in total. The monoisotopic (exact) mass is 341 g/mol. The van der Waals surface area contributed by atoms with Gasteiger partial charge in [-0.1, -0.05) is 24.3 Å². The minimum absolute atomic E-state index is 0.175. The highest BCUT2D eigenvalue weighted by Gasteiger charge is 2.39. The van der Waals surface area contributed by atoms with Crippen LogP contribution < -0.4 is 0 Å². The molecule has 0 radical (unpaired) electrons. The first-order valence-corrected chi connectivity index (χ1v) is 8.98. The number of hydrogen-bond donors (Lipinski definition) is 0.